The van der Waals surface area contributed by atoms with Crippen LogP contribution in [0.2, 0.25) is 8.87 Å². The van der Waals surface area contributed by atoms with Crippen LogP contribution in [0.15, 0.2) is 48.8 Å². The number of halogens is 2. The summed E-state index contributed by atoms with van der Waals surface area (Å²) in [6.07, 6.45) is 3.54. The molecule has 2 nitrogen and oxygen atoms in total. The topological polar surface area (TPSA) is 25.8 Å². The molecule has 2 heterocycles. The smallest absolute Gasteiger partial charge is 0.0886 e. The van der Waals surface area contributed by atoms with E-state index in [0.717, 1.165) is 11.4 Å². The zero-order valence-electron chi connectivity index (χ0n) is 11.2. The first-order valence-corrected chi connectivity index (χ1v) is 23.1. The minimum atomic E-state index is -1.66. The van der Waals surface area contributed by atoms with Gasteiger partial charge >= 0.3 is 62.1 Å². The van der Waals surface area contributed by atoms with Gasteiger partial charge in [0.25, 0.3) is 0 Å². The molecule has 0 unspecified atom stereocenters. The standard InChI is InChI=1S/C10H8N2.2C2H5.2BrH.Sn/c1-3-7-11-9(5-1)10-6-2-4-8-12-10;2*1-2;;;/h1-8H;2*1H2,2H3;2*1H;/q;;;;;+2/p-2. The summed E-state index contributed by atoms with van der Waals surface area (Å²) in [4.78, 5) is 8.37. The van der Waals surface area contributed by atoms with Crippen LogP contribution in [0.3, 0.4) is 0 Å². The van der Waals surface area contributed by atoms with Crippen LogP contribution in [0, 0.1) is 0 Å². The molecule has 0 aromatic carbocycles. The molecule has 102 valence electrons. The van der Waals surface area contributed by atoms with Crippen LogP contribution in [-0.4, -0.2) is 23.9 Å². The molecule has 0 fully saturated rings. The molecule has 0 atom stereocenters. The van der Waals surface area contributed by atoms with Crippen LogP contribution in [0.25, 0.3) is 11.4 Å². The first-order chi connectivity index (χ1) is 9.09. The normalized spacial score (nSPS) is 10.5. The van der Waals surface area contributed by atoms with Gasteiger partial charge in [0.1, 0.15) is 0 Å². The molecule has 0 aliphatic rings. The van der Waals surface area contributed by atoms with Crippen molar-refractivity contribution in [2.75, 3.05) is 0 Å². The van der Waals surface area contributed by atoms with Crippen molar-refractivity contribution in [2.45, 2.75) is 22.7 Å². The van der Waals surface area contributed by atoms with E-state index in [0.29, 0.717) is 0 Å². The molecular formula is C14H18Br2N2Sn. The van der Waals surface area contributed by atoms with Crippen LogP contribution in [0.5, 0.6) is 0 Å². The van der Waals surface area contributed by atoms with E-state index in [4.69, 9.17) is 0 Å². The Balaban J connectivity index is 0.000000224. The molecule has 0 spiro atoms. The van der Waals surface area contributed by atoms with Crippen molar-refractivity contribution in [1.82, 2.24) is 9.97 Å². The number of rotatable bonds is 3. The van der Waals surface area contributed by atoms with Gasteiger partial charge in [0.2, 0.25) is 0 Å². The van der Waals surface area contributed by atoms with Crippen LogP contribution in [0.1, 0.15) is 13.8 Å². The summed E-state index contributed by atoms with van der Waals surface area (Å²) in [5.74, 6) is 0. The summed E-state index contributed by atoms with van der Waals surface area (Å²) >= 11 is 5.75. The second-order valence-corrected chi connectivity index (χ2v) is 40.4. The average molecular weight is 493 g/mol. The Labute approximate surface area is 131 Å². The van der Waals surface area contributed by atoms with Gasteiger partial charge in [0, 0.05) is 12.4 Å². The van der Waals surface area contributed by atoms with Gasteiger partial charge in [-0.1, -0.05) is 12.1 Å². The number of hydrogen-bond donors (Lipinski definition) is 0. The van der Waals surface area contributed by atoms with E-state index in [1.807, 2.05) is 36.4 Å². The van der Waals surface area contributed by atoms with Crippen LogP contribution in [0.4, 0.5) is 0 Å². The minimum absolute atomic E-state index is 0.915. The third-order valence-electron chi connectivity index (χ3n) is 2.63. The molecule has 0 saturated carbocycles. The summed E-state index contributed by atoms with van der Waals surface area (Å²) in [6, 6.07) is 11.6. The molecule has 0 bridgehead atoms. The fraction of sp³-hybridized carbons (Fsp3) is 0.286. The zero-order valence-corrected chi connectivity index (χ0v) is 17.2. The van der Waals surface area contributed by atoms with Gasteiger partial charge in [0.05, 0.1) is 11.4 Å². The Morgan fingerprint density at radius 3 is 1.47 bits per heavy atom. The monoisotopic (exact) mass is 492 g/mol. The Morgan fingerprint density at radius 1 is 0.842 bits per heavy atom. The van der Waals surface area contributed by atoms with Crippen molar-refractivity contribution in [3.63, 3.8) is 0 Å². The van der Waals surface area contributed by atoms with E-state index in [-0.39, 0.29) is 0 Å². The number of aromatic nitrogens is 2. The van der Waals surface area contributed by atoms with Crippen molar-refractivity contribution in [1.29, 1.82) is 0 Å². The maximum Gasteiger partial charge on any atom is 0.0886 e. The van der Waals surface area contributed by atoms with Gasteiger partial charge in [-0.15, -0.1) is 0 Å². The van der Waals surface area contributed by atoms with Gasteiger partial charge in [-0.25, -0.2) is 0 Å². The van der Waals surface area contributed by atoms with Crippen LogP contribution >= 0.6 is 25.4 Å². The molecular weight excluding hydrogens is 475 g/mol. The zero-order chi connectivity index (χ0) is 14.1. The molecule has 5 heteroatoms. The third-order valence-corrected chi connectivity index (χ3v) is 23.6. The van der Waals surface area contributed by atoms with E-state index in [2.05, 4.69) is 49.2 Å². The van der Waals surface area contributed by atoms with Gasteiger partial charge in [-0.3, -0.25) is 9.97 Å². The summed E-state index contributed by atoms with van der Waals surface area (Å²) in [6.45, 7) is 4.48. The predicted octanol–water partition coefficient (Wildman–Crippen LogP) is 5.40. The quantitative estimate of drug-likeness (QED) is 0.536. The molecule has 0 aliphatic heterocycles. The Morgan fingerprint density at radius 2 is 1.26 bits per heavy atom. The Hall–Kier alpha value is 0.0587. The number of hydrogen-bond acceptors (Lipinski definition) is 2. The molecule has 2 aromatic rings. The summed E-state index contributed by atoms with van der Waals surface area (Å²) < 4.78 is 2.68. The van der Waals surface area contributed by atoms with Crippen molar-refractivity contribution >= 4 is 39.3 Å². The minimum Gasteiger partial charge on any atom is -0.255 e. The van der Waals surface area contributed by atoms with Gasteiger partial charge in [-0.2, -0.15) is 0 Å². The van der Waals surface area contributed by atoms with E-state index in [1.54, 1.807) is 12.4 Å². The second kappa shape index (κ2) is 9.08. The summed E-state index contributed by atoms with van der Waals surface area (Å²) in [5, 5.41) is 0. The number of nitrogens with zero attached hydrogens (tertiary/aromatic N) is 2. The summed E-state index contributed by atoms with van der Waals surface area (Å²) in [5.41, 5.74) is 1.83. The van der Waals surface area contributed by atoms with E-state index >= 15 is 0 Å². The van der Waals surface area contributed by atoms with Crippen molar-refractivity contribution in [3.8, 4) is 11.4 Å². The Kier molecular flexibility index (Phi) is 8.18. The third kappa shape index (κ3) is 6.86. The largest absolute Gasteiger partial charge is 0.255 e. The Bertz CT molecular complexity index is 420. The average Bonchev–Trinajstić information content (AvgIpc) is 2.50. The van der Waals surface area contributed by atoms with Gasteiger partial charge in [0.15, 0.2) is 0 Å². The second-order valence-electron chi connectivity index (χ2n) is 3.99. The maximum atomic E-state index is 4.19. The fourth-order valence-corrected chi connectivity index (χ4v) is 2.71. The van der Waals surface area contributed by atoms with Crippen molar-refractivity contribution < 1.29 is 0 Å². The van der Waals surface area contributed by atoms with Gasteiger partial charge < -0.3 is 0 Å². The van der Waals surface area contributed by atoms with Crippen LogP contribution in [-0.2, 0) is 0 Å². The van der Waals surface area contributed by atoms with E-state index in [1.165, 1.54) is 8.87 Å². The molecule has 0 saturated heterocycles. The van der Waals surface area contributed by atoms with Crippen LogP contribution < -0.4 is 0 Å². The maximum absolute atomic E-state index is 4.19. The molecule has 2 rings (SSSR count). The molecule has 0 N–H and O–H groups in total. The van der Waals surface area contributed by atoms with Crippen molar-refractivity contribution in [2.24, 2.45) is 0 Å². The molecule has 0 amide bonds. The van der Waals surface area contributed by atoms with Crippen molar-refractivity contribution in [3.05, 3.63) is 48.8 Å². The first-order valence-electron chi connectivity index (χ1n) is 6.29. The molecule has 0 radical (unpaired) electrons. The number of pyridine rings is 2. The fourth-order valence-electron chi connectivity index (χ4n) is 1.28. The molecule has 2 aromatic heterocycles. The van der Waals surface area contributed by atoms with E-state index in [9.17, 15) is 0 Å². The first kappa shape index (κ1) is 17.1. The summed E-state index contributed by atoms with van der Waals surface area (Å²) in [7, 11) is 0. The van der Waals surface area contributed by atoms with E-state index < -0.39 is 13.9 Å². The molecule has 0 aliphatic carbocycles. The SMILES string of the molecule is C[CH2][Sn]([Br])([Br])[CH2]C.c1ccc(-c2ccccn2)nc1. The van der Waals surface area contributed by atoms with Gasteiger partial charge in [-0.05, 0) is 24.3 Å². The predicted molar refractivity (Wildman–Crippen MR) is 92.0 cm³/mol. The molecule has 19 heavy (non-hydrogen) atoms.